The standard InChI is InChI=1S/C10H11F2NOS/c11-7-4-8(12)6-9(5-7)14-3-1-2-10(13)15/h4-6H,1-3H2,(H2,13,15). The van der Waals surface area contributed by atoms with Crippen LogP contribution in [-0.4, -0.2) is 11.6 Å². The molecule has 0 fully saturated rings. The molecule has 0 aliphatic carbocycles. The Labute approximate surface area is 92.0 Å². The lowest BCUT2D eigenvalue weighted by atomic mass is 10.3. The predicted molar refractivity (Wildman–Crippen MR) is 57.9 cm³/mol. The molecule has 0 radical (unpaired) electrons. The zero-order valence-electron chi connectivity index (χ0n) is 8.00. The molecule has 1 rings (SSSR count). The predicted octanol–water partition coefficient (Wildman–Crippen LogP) is 2.41. The van der Waals surface area contributed by atoms with Gasteiger partial charge in [-0.1, -0.05) is 12.2 Å². The fourth-order valence-corrected chi connectivity index (χ4v) is 1.19. The summed E-state index contributed by atoms with van der Waals surface area (Å²) in [7, 11) is 0. The molecule has 0 amide bonds. The van der Waals surface area contributed by atoms with Gasteiger partial charge in [0.25, 0.3) is 0 Å². The first kappa shape index (κ1) is 11.8. The topological polar surface area (TPSA) is 35.2 Å². The summed E-state index contributed by atoms with van der Waals surface area (Å²) in [6.07, 6.45) is 1.20. The Bertz CT molecular complexity index is 337. The van der Waals surface area contributed by atoms with Crippen LogP contribution in [0, 0.1) is 11.6 Å². The van der Waals surface area contributed by atoms with Crippen LogP contribution in [0.2, 0.25) is 0 Å². The molecule has 0 spiro atoms. The molecule has 0 atom stereocenters. The molecule has 0 aliphatic heterocycles. The lowest BCUT2D eigenvalue weighted by Crippen LogP contribution is -2.09. The molecular formula is C10H11F2NOS. The highest BCUT2D eigenvalue weighted by Gasteiger charge is 2.01. The van der Waals surface area contributed by atoms with Crippen LogP contribution in [0.15, 0.2) is 18.2 Å². The molecule has 0 heterocycles. The molecule has 0 saturated carbocycles. The average Bonchev–Trinajstić information content (AvgIpc) is 2.10. The summed E-state index contributed by atoms with van der Waals surface area (Å²) in [4.78, 5) is 0.407. The zero-order chi connectivity index (χ0) is 11.3. The summed E-state index contributed by atoms with van der Waals surface area (Å²) >= 11 is 4.67. The van der Waals surface area contributed by atoms with Gasteiger partial charge in [-0.2, -0.15) is 0 Å². The van der Waals surface area contributed by atoms with E-state index in [1.54, 1.807) is 0 Å². The summed E-state index contributed by atoms with van der Waals surface area (Å²) in [6, 6.07) is 3.05. The van der Waals surface area contributed by atoms with Crippen molar-refractivity contribution in [1.29, 1.82) is 0 Å². The molecule has 0 unspecified atom stereocenters. The largest absolute Gasteiger partial charge is 0.493 e. The van der Waals surface area contributed by atoms with Crippen molar-refractivity contribution in [3.8, 4) is 5.75 Å². The molecule has 15 heavy (non-hydrogen) atoms. The second kappa shape index (κ2) is 5.60. The monoisotopic (exact) mass is 231 g/mol. The van der Waals surface area contributed by atoms with Crippen molar-refractivity contribution in [2.45, 2.75) is 12.8 Å². The van der Waals surface area contributed by atoms with E-state index in [0.717, 1.165) is 18.2 Å². The van der Waals surface area contributed by atoms with E-state index in [2.05, 4.69) is 12.2 Å². The van der Waals surface area contributed by atoms with Gasteiger partial charge in [-0.25, -0.2) is 8.78 Å². The van der Waals surface area contributed by atoms with Crippen molar-refractivity contribution >= 4 is 17.2 Å². The first-order valence-electron chi connectivity index (χ1n) is 4.45. The summed E-state index contributed by atoms with van der Waals surface area (Å²) in [5.74, 6) is -1.13. The Morgan fingerprint density at radius 2 is 1.87 bits per heavy atom. The number of rotatable bonds is 5. The van der Waals surface area contributed by atoms with Crippen LogP contribution in [0.5, 0.6) is 5.75 Å². The molecule has 1 aromatic rings. The minimum absolute atomic E-state index is 0.176. The van der Waals surface area contributed by atoms with Gasteiger partial charge in [0, 0.05) is 24.6 Å². The first-order valence-corrected chi connectivity index (χ1v) is 4.86. The number of benzene rings is 1. The number of hydrogen-bond donors (Lipinski definition) is 1. The van der Waals surface area contributed by atoms with E-state index < -0.39 is 11.6 Å². The molecule has 0 saturated heterocycles. The van der Waals surface area contributed by atoms with E-state index >= 15 is 0 Å². The Hall–Kier alpha value is -1.23. The van der Waals surface area contributed by atoms with Crippen molar-refractivity contribution in [3.05, 3.63) is 29.8 Å². The number of ether oxygens (including phenoxy) is 1. The van der Waals surface area contributed by atoms with Crippen LogP contribution in [0.25, 0.3) is 0 Å². The second-order valence-electron chi connectivity index (χ2n) is 3.02. The van der Waals surface area contributed by atoms with Gasteiger partial charge in [-0.05, 0) is 6.42 Å². The van der Waals surface area contributed by atoms with Crippen molar-refractivity contribution in [3.63, 3.8) is 0 Å². The Kier molecular flexibility index (Phi) is 4.42. The van der Waals surface area contributed by atoms with Gasteiger partial charge in [-0.3, -0.25) is 0 Å². The lowest BCUT2D eigenvalue weighted by Gasteiger charge is -2.05. The van der Waals surface area contributed by atoms with Gasteiger partial charge in [0.1, 0.15) is 17.4 Å². The second-order valence-corrected chi connectivity index (χ2v) is 3.55. The van der Waals surface area contributed by atoms with Crippen LogP contribution >= 0.6 is 12.2 Å². The summed E-state index contributed by atoms with van der Waals surface area (Å²) in [5.41, 5.74) is 5.28. The van der Waals surface area contributed by atoms with E-state index in [1.165, 1.54) is 0 Å². The fraction of sp³-hybridized carbons (Fsp3) is 0.300. The highest BCUT2D eigenvalue weighted by atomic mass is 32.1. The molecular weight excluding hydrogens is 220 g/mol. The van der Waals surface area contributed by atoms with Gasteiger partial charge in [0.2, 0.25) is 0 Å². The van der Waals surface area contributed by atoms with Gasteiger partial charge in [-0.15, -0.1) is 0 Å². The minimum Gasteiger partial charge on any atom is -0.493 e. The van der Waals surface area contributed by atoms with Crippen LogP contribution < -0.4 is 10.5 Å². The summed E-state index contributed by atoms with van der Waals surface area (Å²) < 4.78 is 30.5. The lowest BCUT2D eigenvalue weighted by molar-refractivity contribution is 0.310. The van der Waals surface area contributed by atoms with Crippen LogP contribution in [0.1, 0.15) is 12.8 Å². The molecule has 2 nitrogen and oxygen atoms in total. The normalized spacial score (nSPS) is 10.0. The number of nitrogens with two attached hydrogens (primary N) is 1. The number of halogens is 2. The highest BCUT2D eigenvalue weighted by Crippen LogP contribution is 2.15. The van der Waals surface area contributed by atoms with E-state index in [-0.39, 0.29) is 5.75 Å². The maximum atomic E-state index is 12.7. The third-order valence-corrected chi connectivity index (χ3v) is 1.88. The molecule has 1 aromatic carbocycles. The van der Waals surface area contributed by atoms with Gasteiger partial charge >= 0.3 is 0 Å². The van der Waals surface area contributed by atoms with Crippen LogP contribution in [0.3, 0.4) is 0 Å². The van der Waals surface area contributed by atoms with Crippen molar-refractivity contribution < 1.29 is 13.5 Å². The summed E-state index contributed by atoms with van der Waals surface area (Å²) in [5, 5.41) is 0. The molecule has 0 aliphatic rings. The van der Waals surface area contributed by atoms with E-state index in [4.69, 9.17) is 10.5 Å². The fourth-order valence-electron chi connectivity index (χ4n) is 1.05. The first-order chi connectivity index (χ1) is 7.08. The van der Waals surface area contributed by atoms with Crippen LogP contribution in [0.4, 0.5) is 8.78 Å². The smallest absolute Gasteiger partial charge is 0.129 e. The number of thiocarbonyl (C=S) groups is 1. The van der Waals surface area contributed by atoms with Crippen molar-refractivity contribution in [1.82, 2.24) is 0 Å². The SMILES string of the molecule is NC(=S)CCCOc1cc(F)cc(F)c1. The molecule has 5 heteroatoms. The minimum atomic E-state index is -0.653. The molecule has 0 aromatic heterocycles. The Balaban J connectivity index is 2.40. The molecule has 0 bridgehead atoms. The summed E-state index contributed by atoms with van der Waals surface area (Å²) in [6.45, 7) is 0.334. The van der Waals surface area contributed by atoms with Crippen molar-refractivity contribution in [2.24, 2.45) is 5.73 Å². The van der Waals surface area contributed by atoms with Gasteiger partial charge < -0.3 is 10.5 Å². The van der Waals surface area contributed by atoms with E-state index in [0.29, 0.717) is 24.4 Å². The van der Waals surface area contributed by atoms with Gasteiger partial charge in [0.15, 0.2) is 0 Å². The number of hydrogen-bond acceptors (Lipinski definition) is 2. The van der Waals surface area contributed by atoms with Gasteiger partial charge in [0.05, 0.1) is 11.6 Å². The highest BCUT2D eigenvalue weighted by molar-refractivity contribution is 7.80. The average molecular weight is 231 g/mol. The zero-order valence-corrected chi connectivity index (χ0v) is 8.82. The molecule has 2 N–H and O–H groups in total. The Morgan fingerprint density at radius 3 is 2.40 bits per heavy atom. The van der Waals surface area contributed by atoms with Crippen molar-refractivity contribution in [2.75, 3.05) is 6.61 Å². The maximum Gasteiger partial charge on any atom is 0.129 e. The van der Waals surface area contributed by atoms with E-state index in [1.807, 2.05) is 0 Å². The molecule has 82 valence electrons. The Morgan fingerprint density at radius 1 is 1.27 bits per heavy atom. The third kappa shape index (κ3) is 4.69. The quantitative estimate of drug-likeness (QED) is 0.624. The van der Waals surface area contributed by atoms with E-state index in [9.17, 15) is 8.78 Å². The van der Waals surface area contributed by atoms with Crippen LogP contribution in [-0.2, 0) is 0 Å². The maximum absolute atomic E-state index is 12.7. The third-order valence-electron chi connectivity index (χ3n) is 1.67.